The topological polar surface area (TPSA) is 49.4 Å². The van der Waals surface area contributed by atoms with E-state index in [0.717, 1.165) is 18.4 Å². The van der Waals surface area contributed by atoms with Crippen LogP contribution in [0.3, 0.4) is 0 Å². The van der Waals surface area contributed by atoms with E-state index in [2.05, 4.69) is 38.2 Å². The molecule has 0 bridgehead atoms. The van der Waals surface area contributed by atoms with E-state index in [4.69, 9.17) is 12.2 Å². The molecule has 0 atom stereocenters. The summed E-state index contributed by atoms with van der Waals surface area (Å²) >= 11 is 6.75. The molecule has 33 heavy (non-hydrogen) atoms. The smallest absolute Gasteiger partial charge is 0.266 e. The van der Waals surface area contributed by atoms with E-state index in [1.165, 1.54) is 41.6 Å². The second kappa shape index (κ2) is 11.1. The molecular formula is C26H29FN2O2S2. The molecule has 2 amide bonds. The molecule has 0 unspecified atom stereocenters. The van der Waals surface area contributed by atoms with Gasteiger partial charge in [0.1, 0.15) is 10.1 Å². The molecule has 1 saturated heterocycles. The van der Waals surface area contributed by atoms with Crippen LogP contribution in [-0.4, -0.2) is 27.6 Å². The Morgan fingerprint density at radius 3 is 2.36 bits per heavy atom. The Bertz CT molecular complexity index is 1040. The molecule has 3 rings (SSSR count). The van der Waals surface area contributed by atoms with Gasteiger partial charge >= 0.3 is 0 Å². The van der Waals surface area contributed by atoms with Crippen molar-refractivity contribution >= 4 is 51.9 Å². The third-order valence-electron chi connectivity index (χ3n) is 5.36. The Balaban J connectivity index is 1.44. The Morgan fingerprint density at radius 2 is 1.73 bits per heavy atom. The van der Waals surface area contributed by atoms with Gasteiger partial charge in [-0.1, -0.05) is 75.4 Å². The molecule has 174 valence electrons. The van der Waals surface area contributed by atoms with Crippen molar-refractivity contribution in [3.8, 4) is 0 Å². The van der Waals surface area contributed by atoms with Crippen LogP contribution in [0.4, 0.5) is 10.1 Å². The highest BCUT2D eigenvalue weighted by Gasteiger charge is 2.31. The lowest BCUT2D eigenvalue weighted by Crippen LogP contribution is -2.29. The molecule has 1 aliphatic rings. The van der Waals surface area contributed by atoms with Crippen LogP contribution in [0.1, 0.15) is 57.6 Å². The molecule has 0 radical (unpaired) electrons. The maximum absolute atomic E-state index is 12.9. The number of nitrogens with one attached hydrogen (secondary N) is 1. The lowest BCUT2D eigenvalue weighted by molar-refractivity contribution is -0.122. The van der Waals surface area contributed by atoms with Crippen LogP contribution in [0.25, 0.3) is 6.08 Å². The Morgan fingerprint density at radius 1 is 1.06 bits per heavy atom. The number of carbonyl (C=O) groups is 2. The minimum Gasteiger partial charge on any atom is -0.326 e. The van der Waals surface area contributed by atoms with Crippen molar-refractivity contribution in [3.63, 3.8) is 0 Å². The molecule has 4 nitrogen and oxygen atoms in total. The number of carbonyl (C=O) groups excluding carboxylic acids is 2. The predicted molar refractivity (Wildman–Crippen MR) is 139 cm³/mol. The van der Waals surface area contributed by atoms with Crippen LogP contribution in [0.2, 0.25) is 0 Å². The second-order valence-corrected chi connectivity index (χ2v) is 10.7. The highest BCUT2D eigenvalue weighted by molar-refractivity contribution is 8.26. The number of hydrogen-bond donors (Lipinski definition) is 1. The van der Waals surface area contributed by atoms with Gasteiger partial charge in [0.25, 0.3) is 5.91 Å². The van der Waals surface area contributed by atoms with Crippen LogP contribution in [0.15, 0.2) is 53.4 Å². The first-order valence-corrected chi connectivity index (χ1v) is 12.3. The van der Waals surface area contributed by atoms with Crippen molar-refractivity contribution in [2.24, 2.45) is 0 Å². The van der Waals surface area contributed by atoms with E-state index in [0.29, 0.717) is 34.3 Å². The summed E-state index contributed by atoms with van der Waals surface area (Å²) in [6, 6.07) is 14.0. The molecule has 7 heteroatoms. The fourth-order valence-electron chi connectivity index (χ4n) is 3.41. The van der Waals surface area contributed by atoms with Gasteiger partial charge in [-0.05, 0) is 59.7 Å². The molecule has 0 aromatic heterocycles. The lowest BCUT2D eigenvalue weighted by Gasteiger charge is -2.18. The molecule has 1 heterocycles. The van der Waals surface area contributed by atoms with Gasteiger partial charge in [0.05, 0.1) is 4.91 Å². The molecule has 0 spiro atoms. The Kier molecular flexibility index (Phi) is 8.43. The minimum absolute atomic E-state index is 0.0565. The summed E-state index contributed by atoms with van der Waals surface area (Å²) < 4.78 is 13.5. The molecule has 0 aliphatic carbocycles. The first-order valence-electron chi connectivity index (χ1n) is 11.0. The van der Waals surface area contributed by atoms with Crippen LogP contribution in [0, 0.1) is 5.82 Å². The molecule has 1 N–H and O–H groups in total. The zero-order valence-corrected chi connectivity index (χ0v) is 20.8. The summed E-state index contributed by atoms with van der Waals surface area (Å²) in [5.74, 6) is -0.497. The number of halogens is 1. The van der Waals surface area contributed by atoms with E-state index in [-0.39, 0.29) is 23.0 Å². The Labute approximate surface area is 204 Å². The zero-order chi connectivity index (χ0) is 24.0. The summed E-state index contributed by atoms with van der Waals surface area (Å²) in [4.78, 5) is 27.1. The van der Waals surface area contributed by atoms with Crippen LogP contribution >= 0.6 is 24.0 Å². The van der Waals surface area contributed by atoms with Gasteiger partial charge in [-0.15, -0.1) is 0 Å². The van der Waals surface area contributed by atoms with Crippen LogP contribution in [0.5, 0.6) is 0 Å². The first-order chi connectivity index (χ1) is 15.6. The quantitative estimate of drug-likeness (QED) is 0.263. The third kappa shape index (κ3) is 7.24. The van der Waals surface area contributed by atoms with Gasteiger partial charge in [-0.2, -0.15) is 0 Å². The summed E-state index contributed by atoms with van der Waals surface area (Å²) in [5.41, 5.74) is 2.90. The normalized spacial score (nSPS) is 15.4. The van der Waals surface area contributed by atoms with Crippen LogP contribution in [-0.2, 0) is 15.0 Å². The number of thiocarbonyl (C=S) groups is 1. The fourth-order valence-corrected chi connectivity index (χ4v) is 4.72. The molecule has 2 aromatic rings. The summed E-state index contributed by atoms with van der Waals surface area (Å²) in [6.07, 6.45) is 4.55. The number of anilines is 1. The number of nitrogens with zero attached hydrogens (tertiary/aromatic N) is 1. The van der Waals surface area contributed by atoms with Crippen molar-refractivity contribution < 1.29 is 14.0 Å². The standard InChI is InChI=1S/C26H29FN2O2S2/c1-26(2,3)19-10-8-18(9-11-19)17-22-24(31)29(25(32)33-22)16-6-4-5-7-23(30)28-21-14-12-20(27)13-15-21/h8-15,17H,4-7,16H2,1-3H3,(H,28,30)/b22-17-. The van der Waals surface area contributed by atoms with Crippen molar-refractivity contribution in [1.29, 1.82) is 0 Å². The van der Waals surface area contributed by atoms with E-state index >= 15 is 0 Å². The van der Waals surface area contributed by atoms with E-state index < -0.39 is 0 Å². The maximum atomic E-state index is 12.9. The average molecular weight is 485 g/mol. The summed E-state index contributed by atoms with van der Waals surface area (Å²) in [5, 5.41) is 2.75. The lowest BCUT2D eigenvalue weighted by atomic mass is 9.87. The SMILES string of the molecule is CC(C)(C)c1ccc(/C=C2\SC(=S)N(CCCCCC(=O)Nc3ccc(F)cc3)C2=O)cc1. The van der Waals surface area contributed by atoms with Gasteiger partial charge in [0.15, 0.2) is 0 Å². The number of hydrogen-bond acceptors (Lipinski definition) is 4. The van der Waals surface area contributed by atoms with Crippen LogP contribution < -0.4 is 5.32 Å². The average Bonchev–Trinajstić information content (AvgIpc) is 3.02. The fraction of sp³-hybridized carbons (Fsp3) is 0.346. The zero-order valence-electron chi connectivity index (χ0n) is 19.2. The minimum atomic E-state index is -0.336. The van der Waals surface area contributed by atoms with Gasteiger partial charge in [0.2, 0.25) is 5.91 Å². The van der Waals surface area contributed by atoms with Gasteiger partial charge in [-0.25, -0.2) is 4.39 Å². The molecule has 2 aromatic carbocycles. The van der Waals surface area contributed by atoms with E-state index in [9.17, 15) is 14.0 Å². The maximum Gasteiger partial charge on any atom is 0.266 e. The number of thioether (sulfide) groups is 1. The summed E-state index contributed by atoms with van der Waals surface area (Å²) in [7, 11) is 0. The third-order valence-corrected chi connectivity index (χ3v) is 6.74. The summed E-state index contributed by atoms with van der Waals surface area (Å²) in [6.45, 7) is 7.06. The molecule has 1 aliphatic heterocycles. The predicted octanol–water partition coefficient (Wildman–Crippen LogP) is 6.52. The number of benzene rings is 2. The number of unbranched alkanes of at least 4 members (excludes halogenated alkanes) is 2. The number of rotatable bonds is 8. The van der Waals surface area contributed by atoms with Gasteiger partial charge in [-0.3, -0.25) is 14.5 Å². The van der Waals surface area contributed by atoms with Gasteiger partial charge < -0.3 is 5.32 Å². The highest BCUT2D eigenvalue weighted by Crippen LogP contribution is 2.33. The molecule has 1 fully saturated rings. The van der Waals surface area contributed by atoms with Crippen molar-refractivity contribution in [2.45, 2.75) is 51.9 Å². The van der Waals surface area contributed by atoms with E-state index in [1.807, 2.05) is 18.2 Å². The van der Waals surface area contributed by atoms with Crippen molar-refractivity contribution in [2.75, 3.05) is 11.9 Å². The van der Waals surface area contributed by atoms with E-state index in [1.54, 1.807) is 4.90 Å². The first kappa shape index (κ1) is 25.1. The second-order valence-electron chi connectivity index (χ2n) is 9.07. The molecular weight excluding hydrogens is 455 g/mol. The highest BCUT2D eigenvalue weighted by atomic mass is 32.2. The monoisotopic (exact) mass is 484 g/mol. The van der Waals surface area contributed by atoms with Gasteiger partial charge in [0, 0.05) is 18.7 Å². The van der Waals surface area contributed by atoms with Crippen molar-refractivity contribution in [3.05, 3.63) is 70.4 Å². The molecule has 0 saturated carbocycles. The number of amides is 2. The largest absolute Gasteiger partial charge is 0.326 e. The Hall–Kier alpha value is -2.51. The van der Waals surface area contributed by atoms with Crippen molar-refractivity contribution in [1.82, 2.24) is 4.90 Å².